The Bertz CT molecular complexity index is 1080. The summed E-state index contributed by atoms with van der Waals surface area (Å²) in [6.07, 6.45) is 0. The number of carbonyl (C=O) groups excluding carboxylic acids is 1. The van der Waals surface area contributed by atoms with E-state index in [0.717, 1.165) is 4.68 Å². The molecular formula is C19H16FN3O4. The van der Waals surface area contributed by atoms with Crippen LogP contribution in [0.5, 0.6) is 0 Å². The molecule has 0 aliphatic carbocycles. The van der Waals surface area contributed by atoms with E-state index in [9.17, 15) is 23.9 Å². The zero-order valence-electron chi connectivity index (χ0n) is 14.3. The molecule has 1 aromatic heterocycles. The summed E-state index contributed by atoms with van der Waals surface area (Å²) in [5.41, 5.74) is -0.167. The second-order valence-electron chi connectivity index (χ2n) is 6.00. The van der Waals surface area contributed by atoms with E-state index in [0.29, 0.717) is 5.56 Å². The number of carboxylic acids is 1. The Morgan fingerprint density at radius 1 is 1.15 bits per heavy atom. The fourth-order valence-electron chi connectivity index (χ4n) is 2.76. The van der Waals surface area contributed by atoms with Crippen LogP contribution in [0.2, 0.25) is 0 Å². The molecule has 3 aromatic rings. The van der Waals surface area contributed by atoms with Crippen LogP contribution >= 0.6 is 0 Å². The fourth-order valence-corrected chi connectivity index (χ4v) is 2.76. The van der Waals surface area contributed by atoms with Gasteiger partial charge in [0.25, 0.3) is 5.56 Å². The van der Waals surface area contributed by atoms with Crippen LogP contribution in [0.4, 0.5) is 4.39 Å². The standard InChI is InChI=1S/C19H16FN3O4/c1-11(12-6-8-13(20)9-7-12)21-16(24)10-23-18(25)15-5-3-2-4-14(15)17(22-23)19(26)27/h2-9,11H,10H2,1H3,(H,21,24)(H,26,27)/t11-/m1/s1. The summed E-state index contributed by atoms with van der Waals surface area (Å²) >= 11 is 0. The van der Waals surface area contributed by atoms with Crippen molar-refractivity contribution in [3.63, 3.8) is 0 Å². The maximum Gasteiger partial charge on any atom is 0.357 e. The number of aromatic carboxylic acids is 1. The van der Waals surface area contributed by atoms with E-state index in [4.69, 9.17) is 0 Å². The van der Waals surface area contributed by atoms with Crippen LogP contribution in [0.15, 0.2) is 53.3 Å². The summed E-state index contributed by atoms with van der Waals surface area (Å²) in [5.74, 6) is -2.20. The Kier molecular flexibility index (Phi) is 4.98. The lowest BCUT2D eigenvalue weighted by atomic mass is 10.1. The maximum absolute atomic E-state index is 13.0. The molecule has 0 fully saturated rings. The summed E-state index contributed by atoms with van der Waals surface area (Å²) < 4.78 is 13.8. The van der Waals surface area contributed by atoms with Crippen molar-refractivity contribution in [1.82, 2.24) is 15.1 Å². The molecule has 0 saturated carbocycles. The van der Waals surface area contributed by atoms with Gasteiger partial charge in [-0.15, -0.1) is 0 Å². The normalized spacial score (nSPS) is 11.9. The zero-order chi connectivity index (χ0) is 19.6. The second kappa shape index (κ2) is 7.36. The Morgan fingerprint density at radius 3 is 2.41 bits per heavy atom. The van der Waals surface area contributed by atoms with Gasteiger partial charge >= 0.3 is 5.97 Å². The number of aromatic nitrogens is 2. The van der Waals surface area contributed by atoms with Crippen LogP contribution < -0.4 is 10.9 Å². The SMILES string of the molecule is C[C@@H](NC(=O)Cn1nc(C(=O)O)c2ccccc2c1=O)c1ccc(F)cc1. The van der Waals surface area contributed by atoms with E-state index < -0.39 is 30.0 Å². The van der Waals surface area contributed by atoms with Crippen LogP contribution in [-0.4, -0.2) is 26.8 Å². The molecule has 138 valence electrons. The molecule has 2 N–H and O–H groups in total. The van der Waals surface area contributed by atoms with Crippen molar-refractivity contribution < 1.29 is 19.1 Å². The molecular weight excluding hydrogens is 353 g/mol. The lowest BCUT2D eigenvalue weighted by Crippen LogP contribution is -2.35. The van der Waals surface area contributed by atoms with Gasteiger partial charge in [0, 0.05) is 5.39 Å². The van der Waals surface area contributed by atoms with Crippen molar-refractivity contribution >= 4 is 22.6 Å². The van der Waals surface area contributed by atoms with Crippen molar-refractivity contribution in [2.75, 3.05) is 0 Å². The highest BCUT2D eigenvalue weighted by atomic mass is 19.1. The van der Waals surface area contributed by atoms with Crippen LogP contribution in [0.1, 0.15) is 29.0 Å². The molecule has 1 atom stereocenters. The van der Waals surface area contributed by atoms with E-state index in [1.54, 1.807) is 31.2 Å². The van der Waals surface area contributed by atoms with Gasteiger partial charge in [-0.1, -0.05) is 30.3 Å². The number of amides is 1. The minimum Gasteiger partial charge on any atom is -0.476 e. The van der Waals surface area contributed by atoms with Gasteiger partial charge < -0.3 is 10.4 Å². The minimum absolute atomic E-state index is 0.171. The number of benzene rings is 2. The maximum atomic E-state index is 13.0. The number of nitrogens with zero attached hydrogens (tertiary/aromatic N) is 2. The molecule has 8 heteroatoms. The van der Waals surface area contributed by atoms with Crippen LogP contribution in [0.3, 0.4) is 0 Å². The lowest BCUT2D eigenvalue weighted by molar-refractivity contribution is -0.122. The first-order chi connectivity index (χ1) is 12.9. The molecule has 1 heterocycles. The number of carbonyl (C=O) groups is 2. The first kappa shape index (κ1) is 18.2. The number of halogens is 1. The van der Waals surface area contributed by atoms with Gasteiger partial charge in [0.05, 0.1) is 11.4 Å². The highest BCUT2D eigenvalue weighted by Crippen LogP contribution is 2.14. The van der Waals surface area contributed by atoms with Gasteiger partial charge in [0.2, 0.25) is 5.91 Å². The molecule has 2 aromatic carbocycles. The van der Waals surface area contributed by atoms with Gasteiger partial charge in [0.1, 0.15) is 12.4 Å². The van der Waals surface area contributed by atoms with Crippen LogP contribution in [0, 0.1) is 5.82 Å². The van der Waals surface area contributed by atoms with Gasteiger partial charge in [-0.05, 0) is 30.7 Å². The first-order valence-electron chi connectivity index (χ1n) is 8.15. The van der Waals surface area contributed by atoms with E-state index in [1.165, 1.54) is 24.3 Å². The van der Waals surface area contributed by atoms with E-state index >= 15 is 0 Å². The Balaban J connectivity index is 1.86. The number of fused-ring (bicyclic) bond motifs is 1. The van der Waals surface area contributed by atoms with Crippen molar-refractivity contribution in [1.29, 1.82) is 0 Å². The summed E-state index contributed by atoms with van der Waals surface area (Å²) in [7, 11) is 0. The Labute approximate surface area is 153 Å². The van der Waals surface area contributed by atoms with E-state index in [2.05, 4.69) is 10.4 Å². The quantitative estimate of drug-likeness (QED) is 0.717. The second-order valence-corrected chi connectivity index (χ2v) is 6.00. The third kappa shape index (κ3) is 3.84. The molecule has 7 nitrogen and oxygen atoms in total. The zero-order valence-corrected chi connectivity index (χ0v) is 14.3. The predicted octanol–water partition coefficient (Wildman–Crippen LogP) is 2.11. The van der Waals surface area contributed by atoms with Gasteiger partial charge in [-0.3, -0.25) is 9.59 Å². The molecule has 0 spiro atoms. The average Bonchev–Trinajstić information content (AvgIpc) is 2.64. The number of nitrogens with one attached hydrogen (secondary N) is 1. The largest absolute Gasteiger partial charge is 0.476 e. The molecule has 0 aliphatic rings. The average molecular weight is 369 g/mol. The lowest BCUT2D eigenvalue weighted by Gasteiger charge is -2.15. The van der Waals surface area contributed by atoms with Crippen molar-refractivity contribution in [3.8, 4) is 0 Å². The van der Waals surface area contributed by atoms with E-state index in [1.807, 2.05) is 0 Å². The highest BCUT2D eigenvalue weighted by molar-refractivity contribution is 6.01. The number of carboxylic acid groups (broad SMARTS) is 1. The first-order valence-corrected chi connectivity index (χ1v) is 8.15. The van der Waals surface area contributed by atoms with Crippen molar-refractivity contribution in [2.24, 2.45) is 0 Å². The monoisotopic (exact) mass is 369 g/mol. The molecule has 0 saturated heterocycles. The van der Waals surface area contributed by atoms with Crippen LogP contribution in [0.25, 0.3) is 10.8 Å². The number of hydrogen-bond acceptors (Lipinski definition) is 4. The molecule has 1 amide bonds. The molecule has 0 unspecified atom stereocenters. The fraction of sp³-hybridized carbons (Fsp3) is 0.158. The summed E-state index contributed by atoms with van der Waals surface area (Å²) in [5, 5.41) is 16.2. The topological polar surface area (TPSA) is 101 Å². The van der Waals surface area contributed by atoms with Crippen molar-refractivity contribution in [3.05, 3.63) is 76.0 Å². The van der Waals surface area contributed by atoms with E-state index in [-0.39, 0.29) is 22.3 Å². The molecule has 0 aliphatic heterocycles. The Morgan fingerprint density at radius 2 is 1.78 bits per heavy atom. The van der Waals surface area contributed by atoms with Crippen molar-refractivity contribution in [2.45, 2.75) is 19.5 Å². The minimum atomic E-state index is -1.29. The van der Waals surface area contributed by atoms with Gasteiger partial charge in [-0.25, -0.2) is 13.9 Å². The Hall–Kier alpha value is -3.55. The molecule has 0 radical (unpaired) electrons. The van der Waals surface area contributed by atoms with Gasteiger partial charge in [0.15, 0.2) is 5.69 Å². The summed E-state index contributed by atoms with van der Waals surface area (Å²) in [6, 6.07) is 11.4. The molecule has 0 bridgehead atoms. The highest BCUT2D eigenvalue weighted by Gasteiger charge is 2.18. The van der Waals surface area contributed by atoms with Crippen LogP contribution in [-0.2, 0) is 11.3 Å². The molecule has 27 heavy (non-hydrogen) atoms. The molecule has 3 rings (SSSR count). The summed E-state index contributed by atoms with van der Waals surface area (Å²) in [4.78, 5) is 36.3. The van der Waals surface area contributed by atoms with Gasteiger partial charge in [-0.2, -0.15) is 5.10 Å². The summed E-state index contributed by atoms with van der Waals surface area (Å²) in [6.45, 7) is 1.28. The third-order valence-electron chi connectivity index (χ3n) is 4.11. The predicted molar refractivity (Wildman–Crippen MR) is 95.9 cm³/mol. The smallest absolute Gasteiger partial charge is 0.357 e. The number of hydrogen-bond donors (Lipinski definition) is 2. The third-order valence-corrected chi connectivity index (χ3v) is 4.11. The number of rotatable bonds is 5.